The molecular formula is C11H13IO. The molecule has 0 fully saturated rings. The van der Waals surface area contributed by atoms with Crippen molar-refractivity contribution in [2.24, 2.45) is 0 Å². The average Bonchev–Trinajstić information content (AvgIpc) is 2.15. The Morgan fingerprint density at radius 3 is 2.69 bits per heavy atom. The molecule has 2 heteroatoms. The van der Waals surface area contributed by atoms with Crippen LogP contribution in [-0.2, 0) is 0 Å². The Balaban J connectivity index is 3.07. The Kier molecular flexibility index (Phi) is 3.78. The molecule has 0 aliphatic heterocycles. The summed E-state index contributed by atoms with van der Waals surface area (Å²) in [5, 5.41) is 0. The zero-order valence-electron chi connectivity index (χ0n) is 7.88. The summed E-state index contributed by atoms with van der Waals surface area (Å²) in [7, 11) is 1.69. The SMILES string of the molecule is C=CC(C)c1cc(I)cc(OC)c1. The van der Waals surface area contributed by atoms with Crippen LogP contribution in [0.5, 0.6) is 5.75 Å². The van der Waals surface area contributed by atoms with Crippen molar-refractivity contribution in [1.82, 2.24) is 0 Å². The summed E-state index contributed by atoms with van der Waals surface area (Å²) in [6, 6.07) is 6.21. The minimum absolute atomic E-state index is 0.378. The van der Waals surface area contributed by atoms with Gasteiger partial charge in [0.2, 0.25) is 0 Å². The summed E-state index contributed by atoms with van der Waals surface area (Å²) < 4.78 is 6.39. The summed E-state index contributed by atoms with van der Waals surface area (Å²) in [6.07, 6.45) is 1.94. The van der Waals surface area contributed by atoms with Crippen molar-refractivity contribution in [3.05, 3.63) is 40.0 Å². The summed E-state index contributed by atoms with van der Waals surface area (Å²) >= 11 is 2.29. The van der Waals surface area contributed by atoms with E-state index in [0.717, 1.165) is 5.75 Å². The number of methoxy groups -OCH3 is 1. The fraction of sp³-hybridized carbons (Fsp3) is 0.273. The lowest BCUT2D eigenvalue weighted by Gasteiger charge is -2.09. The van der Waals surface area contributed by atoms with Gasteiger partial charge in [-0.2, -0.15) is 0 Å². The summed E-state index contributed by atoms with van der Waals surface area (Å²) in [5.74, 6) is 1.29. The molecule has 0 saturated carbocycles. The molecule has 0 aromatic heterocycles. The average molecular weight is 288 g/mol. The van der Waals surface area contributed by atoms with Crippen LogP contribution in [0.15, 0.2) is 30.9 Å². The van der Waals surface area contributed by atoms with Crippen LogP contribution < -0.4 is 4.74 Å². The van der Waals surface area contributed by atoms with Gasteiger partial charge in [-0.15, -0.1) is 6.58 Å². The third kappa shape index (κ3) is 2.72. The highest BCUT2D eigenvalue weighted by molar-refractivity contribution is 14.1. The molecule has 0 saturated heterocycles. The number of allylic oxidation sites excluding steroid dienone is 1. The standard InChI is InChI=1S/C11H13IO/c1-4-8(2)9-5-10(12)7-11(6-9)13-3/h4-8H,1H2,2-3H3. The summed E-state index contributed by atoms with van der Waals surface area (Å²) in [6.45, 7) is 5.90. The van der Waals surface area contributed by atoms with Crippen LogP contribution in [0.25, 0.3) is 0 Å². The van der Waals surface area contributed by atoms with Crippen LogP contribution in [0.1, 0.15) is 18.4 Å². The van der Waals surface area contributed by atoms with E-state index in [-0.39, 0.29) is 0 Å². The predicted molar refractivity (Wildman–Crippen MR) is 64.3 cm³/mol. The molecule has 1 rings (SSSR count). The minimum Gasteiger partial charge on any atom is -0.497 e. The second-order valence-electron chi connectivity index (χ2n) is 2.95. The molecule has 0 heterocycles. The Hall–Kier alpha value is -0.510. The maximum atomic E-state index is 5.19. The Labute approximate surface area is 92.9 Å². The number of ether oxygens (including phenoxy) is 1. The number of hydrogen-bond donors (Lipinski definition) is 0. The lowest BCUT2D eigenvalue weighted by molar-refractivity contribution is 0.414. The Morgan fingerprint density at radius 2 is 2.15 bits per heavy atom. The van der Waals surface area contributed by atoms with Gasteiger partial charge in [0.05, 0.1) is 7.11 Å². The van der Waals surface area contributed by atoms with Crippen LogP contribution >= 0.6 is 22.6 Å². The quantitative estimate of drug-likeness (QED) is 0.610. The molecule has 0 aliphatic rings. The van der Waals surface area contributed by atoms with Gasteiger partial charge in [-0.1, -0.05) is 13.0 Å². The van der Waals surface area contributed by atoms with Gasteiger partial charge in [-0.25, -0.2) is 0 Å². The van der Waals surface area contributed by atoms with Crippen molar-refractivity contribution in [3.8, 4) is 5.75 Å². The van der Waals surface area contributed by atoms with Crippen LogP contribution in [0.3, 0.4) is 0 Å². The van der Waals surface area contributed by atoms with Crippen LogP contribution in [0, 0.1) is 3.57 Å². The van der Waals surface area contributed by atoms with E-state index in [1.54, 1.807) is 7.11 Å². The van der Waals surface area contributed by atoms with Crippen LogP contribution in [0.4, 0.5) is 0 Å². The predicted octanol–water partition coefficient (Wildman–Crippen LogP) is 3.59. The zero-order chi connectivity index (χ0) is 9.84. The number of rotatable bonds is 3. The topological polar surface area (TPSA) is 9.23 Å². The fourth-order valence-corrected chi connectivity index (χ4v) is 1.77. The fourth-order valence-electron chi connectivity index (χ4n) is 1.10. The minimum atomic E-state index is 0.378. The van der Waals surface area contributed by atoms with Crippen molar-refractivity contribution in [1.29, 1.82) is 0 Å². The van der Waals surface area contributed by atoms with Gasteiger partial charge in [-0.05, 0) is 52.3 Å². The van der Waals surface area contributed by atoms with E-state index >= 15 is 0 Å². The third-order valence-electron chi connectivity index (χ3n) is 2.01. The van der Waals surface area contributed by atoms with Gasteiger partial charge in [-0.3, -0.25) is 0 Å². The molecule has 1 unspecified atom stereocenters. The van der Waals surface area contributed by atoms with Crippen molar-refractivity contribution in [2.75, 3.05) is 7.11 Å². The van der Waals surface area contributed by atoms with Crippen molar-refractivity contribution < 1.29 is 4.74 Å². The Bertz CT molecular complexity index is 307. The lowest BCUT2D eigenvalue weighted by atomic mass is 10.0. The first kappa shape index (κ1) is 10.6. The summed E-state index contributed by atoms with van der Waals surface area (Å²) in [5.41, 5.74) is 1.25. The molecule has 1 atom stereocenters. The first-order valence-electron chi connectivity index (χ1n) is 4.14. The van der Waals surface area contributed by atoms with E-state index in [0.29, 0.717) is 5.92 Å². The van der Waals surface area contributed by atoms with Crippen molar-refractivity contribution >= 4 is 22.6 Å². The monoisotopic (exact) mass is 288 g/mol. The van der Waals surface area contributed by atoms with Crippen molar-refractivity contribution in [2.45, 2.75) is 12.8 Å². The van der Waals surface area contributed by atoms with E-state index in [4.69, 9.17) is 4.74 Å². The maximum absolute atomic E-state index is 5.19. The molecule has 0 spiro atoms. The molecule has 70 valence electrons. The zero-order valence-corrected chi connectivity index (χ0v) is 10.0. The molecule has 0 bridgehead atoms. The molecule has 1 aromatic carbocycles. The Morgan fingerprint density at radius 1 is 1.46 bits per heavy atom. The van der Waals surface area contributed by atoms with Gasteiger partial charge >= 0.3 is 0 Å². The third-order valence-corrected chi connectivity index (χ3v) is 2.63. The largest absolute Gasteiger partial charge is 0.497 e. The summed E-state index contributed by atoms with van der Waals surface area (Å²) in [4.78, 5) is 0. The number of hydrogen-bond acceptors (Lipinski definition) is 1. The second-order valence-corrected chi connectivity index (χ2v) is 4.19. The highest BCUT2D eigenvalue weighted by atomic mass is 127. The van der Waals surface area contributed by atoms with E-state index in [2.05, 4.69) is 48.2 Å². The molecule has 13 heavy (non-hydrogen) atoms. The molecule has 0 aliphatic carbocycles. The van der Waals surface area contributed by atoms with Crippen LogP contribution in [0.2, 0.25) is 0 Å². The first-order valence-corrected chi connectivity index (χ1v) is 5.22. The van der Waals surface area contributed by atoms with Gasteiger partial charge < -0.3 is 4.74 Å². The molecule has 1 nitrogen and oxygen atoms in total. The van der Waals surface area contributed by atoms with Gasteiger partial charge in [0.25, 0.3) is 0 Å². The highest BCUT2D eigenvalue weighted by Crippen LogP contribution is 2.24. The van der Waals surface area contributed by atoms with Crippen LogP contribution in [-0.4, -0.2) is 7.11 Å². The smallest absolute Gasteiger partial charge is 0.120 e. The van der Waals surface area contributed by atoms with E-state index in [1.165, 1.54) is 9.13 Å². The van der Waals surface area contributed by atoms with Gasteiger partial charge in [0.1, 0.15) is 5.75 Å². The molecule has 0 N–H and O–H groups in total. The maximum Gasteiger partial charge on any atom is 0.120 e. The van der Waals surface area contributed by atoms with E-state index in [1.807, 2.05) is 12.1 Å². The molecule has 0 amide bonds. The van der Waals surface area contributed by atoms with Gasteiger partial charge in [0, 0.05) is 3.57 Å². The number of benzene rings is 1. The number of halogens is 1. The molecular weight excluding hydrogens is 275 g/mol. The van der Waals surface area contributed by atoms with E-state index < -0.39 is 0 Å². The molecule has 0 radical (unpaired) electrons. The van der Waals surface area contributed by atoms with Crippen molar-refractivity contribution in [3.63, 3.8) is 0 Å². The molecule has 1 aromatic rings. The highest BCUT2D eigenvalue weighted by Gasteiger charge is 2.03. The van der Waals surface area contributed by atoms with E-state index in [9.17, 15) is 0 Å². The first-order chi connectivity index (χ1) is 6.17. The lowest BCUT2D eigenvalue weighted by Crippen LogP contribution is -1.92. The van der Waals surface area contributed by atoms with Gasteiger partial charge in [0.15, 0.2) is 0 Å². The second kappa shape index (κ2) is 4.65. The normalized spacial score (nSPS) is 12.2.